The van der Waals surface area contributed by atoms with Crippen molar-refractivity contribution < 1.29 is 0 Å². The summed E-state index contributed by atoms with van der Waals surface area (Å²) in [6.07, 6.45) is 3.90. The minimum atomic E-state index is 0.710. The van der Waals surface area contributed by atoms with Crippen molar-refractivity contribution in [2.45, 2.75) is 38.8 Å². The fourth-order valence-electron chi connectivity index (χ4n) is 3.43. The Morgan fingerprint density at radius 3 is 3.00 bits per heavy atom. The molecule has 2 saturated heterocycles. The van der Waals surface area contributed by atoms with Gasteiger partial charge in [-0.05, 0) is 44.5 Å². The van der Waals surface area contributed by atoms with Gasteiger partial charge in [0.05, 0.1) is 10.7 Å². The highest BCUT2D eigenvalue weighted by Crippen LogP contribution is 2.25. The van der Waals surface area contributed by atoms with E-state index in [0.717, 1.165) is 42.7 Å². The van der Waals surface area contributed by atoms with Gasteiger partial charge >= 0.3 is 0 Å². The maximum Gasteiger partial charge on any atom is 0.129 e. The van der Waals surface area contributed by atoms with Crippen LogP contribution < -0.4 is 10.2 Å². The summed E-state index contributed by atoms with van der Waals surface area (Å²) in [7, 11) is 0. The predicted octanol–water partition coefficient (Wildman–Crippen LogP) is 2.52. The van der Waals surface area contributed by atoms with Crippen LogP contribution in [0.25, 0.3) is 0 Å². The number of anilines is 1. The summed E-state index contributed by atoms with van der Waals surface area (Å²) in [5.41, 5.74) is 0.962. The molecule has 0 radical (unpaired) electrons. The van der Waals surface area contributed by atoms with E-state index in [4.69, 9.17) is 16.6 Å². The van der Waals surface area contributed by atoms with Gasteiger partial charge in [-0.25, -0.2) is 4.98 Å². The Bertz CT molecular complexity index is 479. The topological polar surface area (TPSA) is 31.4 Å². The van der Waals surface area contributed by atoms with Crippen LogP contribution in [0, 0.1) is 0 Å². The molecule has 3 heterocycles. The number of rotatable bonds is 4. The van der Waals surface area contributed by atoms with E-state index in [0.29, 0.717) is 6.04 Å². The fourth-order valence-corrected chi connectivity index (χ4v) is 3.60. The molecule has 116 valence electrons. The Balaban J connectivity index is 1.75. The van der Waals surface area contributed by atoms with Crippen molar-refractivity contribution in [2.24, 2.45) is 0 Å². The Kier molecular flexibility index (Phi) is 4.99. The molecule has 1 atom stereocenters. The lowest BCUT2D eigenvalue weighted by Gasteiger charge is -2.27. The zero-order chi connectivity index (χ0) is 14.7. The Morgan fingerprint density at radius 2 is 2.14 bits per heavy atom. The standard InChI is InChI=1S/C16H25ClN4/c1-2-18-11-15-14(17)6-7-16(19-15)21-10-4-9-20-8-3-5-13(20)12-21/h6-7,13,18H,2-5,8-12H2,1H3. The minimum absolute atomic E-state index is 0.710. The lowest BCUT2D eigenvalue weighted by Crippen LogP contribution is -2.37. The Labute approximate surface area is 132 Å². The monoisotopic (exact) mass is 308 g/mol. The number of hydrogen-bond acceptors (Lipinski definition) is 4. The second-order valence-electron chi connectivity index (χ2n) is 6.01. The molecule has 0 saturated carbocycles. The van der Waals surface area contributed by atoms with Crippen molar-refractivity contribution in [3.63, 3.8) is 0 Å². The molecule has 1 aromatic rings. The first kappa shape index (κ1) is 15.1. The van der Waals surface area contributed by atoms with Gasteiger partial charge in [0.2, 0.25) is 0 Å². The largest absolute Gasteiger partial charge is 0.355 e. The fraction of sp³-hybridized carbons (Fsp3) is 0.688. The molecule has 5 heteroatoms. The Morgan fingerprint density at radius 1 is 1.29 bits per heavy atom. The second-order valence-corrected chi connectivity index (χ2v) is 6.42. The molecular weight excluding hydrogens is 284 g/mol. The highest BCUT2D eigenvalue weighted by atomic mass is 35.5. The molecule has 0 aliphatic carbocycles. The zero-order valence-electron chi connectivity index (χ0n) is 12.8. The summed E-state index contributed by atoms with van der Waals surface area (Å²) in [4.78, 5) is 9.90. The molecule has 1 unspecified atom stereocenters. The number of fused-ring (bicyclic) bond motifs is 1. The third-order valence-electron chi connectivity index (χ3n) is 4.57. The van der Waals surface area contributed by atoms with Gasteiger partial charge in [0, 0.05) is 32.2 Å². The molecule has 4 nitrogen and oxygen atoms in total. The SMILES string of the molecule is CCNCc1nc(N2CCCN3CCCC3C2)ccc1Cl. The van der Waals surface area contributed by atoms with Crippen LogP contribution in [0.4, 0.5) is 5.82 Å². The van der Waals surface area contributed by atoms with Crippen LogP contribution in [0.2, 0.25) is 5.02 Å². The number of pyridine rings is 1. The van der Waals surface area contributed by atoms with E-state index >= 15 is 0 Å². The van der Waals surface area contributed by atoms with E-state index in [2.05, 4.69) is 28.1 Å². The van der Waals surface area contributed by atoms with Gasteiger partial charge < -0.3 is 10.2 Å². The summed E-state index contributed by atoms with van der Waals surface area (Å²) in [6, 6.07) is 4.78. The molecule has 2 aliphatic rings. The molecular formula is C16H25ClN4. The van der Waals surface area contributed by atoms with Crippen LogP contribution in [-0.4, -0.2) is 48.6 Å². The molecule has 3 rings (SSSR count). The average molecular weight is 309 g/mol. The zero-order valence-corrected chi connectivity index (χ0v) is 13.6. The maximum atomic E-state index is 6.26. The van der Waals surface area contributed by atoms with Crippen LogP contribution in [-0.2, 0) is 6.54 Å². The van der Waals surface area contributed by atoms with Gasteiger partial charge in [-0.15, -0.1) is 0 Å². The minimum Gasteiger partial charge on any atom is -0.355 e. The van der Waals surface area contributed by atoms with Gasteiger partial charge in [-0.1, -0.05) is 18.5 Å². The van der Waals surface area contributed by atoms with Gasteiger partial charge in [0.25, 0.3) is 0 Å². The molecule has 2 fully saturated rings. The molecule has 2 aliphatic heterocycles. The number of halogens is 1. The summed E-state index contributed by atoms with van der Waals surface area (Å²) < 4.78 is 0. The molecule has 1 aromatic heterocycles. The van der Waals surface area contributed by atoms with E-state index in [1.807, 2.05) is 6.07 Å². The lowest BCUT2D eigenvalue weighted by atomic mass is 10.2. The molecule has 0 spiro atoms. The van der Waals surface area contributed by atoms with Crippen molar-refractivity contribution in [2.75, 3.05) is 37.6 Å². The summed E-state index contributed by atoms with van der Waals surface area (Å²) in [5, 5.41) is 4.07. The maximum absolute atomic E-state index is 6.26. The van der Waals surface area contributed by atoms with E-state index in [1.165, 1.54) is 32.4 Å². The molecule has 0 aromatic carbocycles. The first-order valence-electron chi connectivity index (χ1n) is 8.13. The van der Waals surface area contributed by atoms with Crippen molar-refractivity contribution in [3.8, 4) is 0 Å². The van der Waals surface area contributed by atoms with Gasteiger partial charge in [-0.2, -0.15) is 0 Å². The molecule has 0 bridgehead atoms. The Hall–Kier alpha value is -0.840. The highest BCUT2D eigenvalue weighted by Gasteiger charge is 2.29. The number of nitrogens with one attached hydrogen (secondary N) is 1. The van der Waals surface area contributed by atoms with E-state index in [9.17, 15) is 0 Å². The lowest BCUT2D eigenvalue weighted by molar-refractivity contribution is 0.273. The van der Waals surface area contributed by atoms with E-state index < -0.39 is 0 Å². The first-order valence-corrected chi connectivity index (χ1v) is 8.51. The van der Waals surface area contributed by atoms with Crippen molar-refractivity contribution in [1.29, 1.82) is 0 Å². The number of aromatic nitrogens is 1. The third-order valence-corrected chi connectivity index (χ3v) is 4.92. The normalized spacial score (nSPS) is 23.1. The van der Waals surface area contributed by atoms with Crippen molar-refractivity contribution in [3.05, 3.63) is 22.8 Å². The van der Waals surface area contributed by atoms with Crippen LogP contribution in [0.15, 0.2) is 12.1 Å². The quantitative estimate of drug-likeness (QED) is 0.926. The summed E-state index contributed by atoms with van der Waals surface area (Å²) in [6.45, 7) is 8.49. The van der Waals surface area contributed by atoms with Crippen LogP contribution in [0.3, 0.4) is 0 Å². The number of hydrogen-bond donors (Lipinski definition) is 1. The molecule has 21 heavy (non-hydrogen) atoms. The highest BCUT2D eigenvalue weighted by molar-refractivity contribution is 6.31. The van der Waals surface area contributed by atoms with Crippen molar-refractivity contribution in [1.82, 2.24) is 15.2 Å². The third kappa shape index (κ3) is 3.50. The van der Waals surface area contributed by atoms with Crippen LogP contribution in [0.5, 0.6) is 0 Å². The first-order chi connectivity index (χ1) is 10.3. The average Bonchev–Trinajstić information content (AvgIpc) is 2.83. The summed E-state index contributed by atoms with van der Waals surface area (Å²) in [5.74, 6) is 1.08. The summed E-state index contributed by atoms with van der Waals surface area (Å²) >= 11 is 6.26. The van der Waals surface area contributed by atoms with Crippen LogP contribution >= 0.6 is 11.6 Å². The molecule has 1 N–H and O–H groups in total. The second kappa shape index (κ2) is 6.95. The molecule has 0 amide bonds. The van der Waals surface area contributed by atoms with Crippen LogP contribution in [0.1, 0.15) is 31.9 Å². The smallest absolute Gasteiger partial charge is 0.129 e. The van der Waals surface area contributed by atoms with E-state index in [1.54, 1.807) is 0 Å². The van der Waals surface area contributed by atoms with Gasteiger partial charge in [0.15, 0.2) is 0 Å². The van der Waals surface area contributed by atoms with Gasteiger partial charge in [0.1, 0.15) is 5.82 Å². The predicted molar refractivity (Wildman–Crippen MR) is 88.1 cm³/mol. The van der Waals surface area contributed by atoms with Gasteiger partial charge in [-0.3, -0.25) is 4.90 Å². The van der Waals surface area contributed by atoms with E-state index in [-0.39, 0.29) is 0 Å². The number of nitrogens with zero attached hydrogens (tertiary/aromatic N) is 3. The van der Waals surface area contributed by atoms with Crippen molar-refractivity contribution >= 4 is 17.4 Å².